The number of hydrogen-bond acceptors (Lipinski definition) is 2. The van der Waals surface area contributed by atoms with Crippen LogP contribution in [0.5, 0.6) is 0 Å². The molecule has 2 amide bonds. The van der Waals surface area contributed by atoms with Gasteiger partial charge in [0.05, 0.1) is 0 Å². The molecule has 0 aliphatic heterocycles. The van der Waals surface area contributed by atoms with Gasteiger partial charge in [0.1, 0.15) is 6.04 Å². The van der Waals surface area contributed by atoms with Gasteiger partial charge < -0.3 is 10.2 Å². The highest BCUT2D eigenvalue weighted by molar-refractivity contribution is 6.31. The molecule has 1 atom stereocenters. The summed E-state index contributed by atoms with van der Waals surface area (Å²) >= 11 is 6.22. The minimum absolute atomic E-state index is 0.0430. The van der Waals surface area contributed by atoms with Crippen molar-refractivity contribution in [2.24, 2.45) is 0 Å². The molecular weight excluding hydrogens is 372 g/mol. The number of nitrogens with one attached hydrogen (secondary N) is 1. The lowest BCUT2D eigenvalue weighted by Gasteiger charge is -2.30. The molecule has 0 radical (unpaired) electrons. The molecule has 0 spiro atoms. The fourth-order valence-electron chi connectivity index (χ4n) is 3.19. The highest BCUT2D eigenvalue weighted by atomic mass is 35.5. The van der Waals surface area contributed by atoms with Crippen LogP contribution in [-0.2, 0) is 22.6 Å². The van der Waals surface area contributed by atoms with Crippen LogP contribution < -0.4 is 5.32 Å². The van der Waals surface area contributed by atoms with Gasteiger partial charge in [0.15, 0.2) is 0 Å². The molecule has 28 heavy (non-hydrogen) atoms. The number of benzene rings is 2. The first-order valence-electron chi connectivity index (χ1n) is 9.82. The third-order valence-corrected chi connectivity index (χ3v) is 5.15. The second-order valence-corrected chi connectivity index (χ2v) is 7.32. The van der Waals surface area contributed by atoms with E-state index in [0.717, 1.165) is 16.7 Å². The summed E-state index contributed by atoms with van der Waals surface area (Å²) in [5.41, 5.74) is 3.12. The summed E-state index contributed by atoms with van der Waals surface area (Å²) in [7, 11) is 0. The average molecular weight is 401 g/mol. The Hall–Kier alpha value is -2.33. The van der Waals surface area contributed by atoms with Gasteiger partial charge >= 0.3 is 0 Å². The molecule has 5 heteroatoms. The van der Waals surface area contributed by atoms with E-state index in [1.54, 1.807) is 4.90 Å². The van der Waals surface area contributed by atoms with Crippen LogP contribution in [0.15, 0.2) is 48.5 Å². The van der Waals surface area contributed by atoms with Gasteiger partial charge in [-0.3, -0.25) is 9.59 Å². The van der Waals surface area contributed by atoms with Crippen molar-refractivity contribution in [2.45, 2.75) is 52.6 Å². The number of nitrogens with zero attached hydrogens (tertiary/aromatic N) is 1. The number of hydrogen-bond donors (Lipinski definition) is 1. The van der Waals surface area contributed by atoms with Gasteiger partial charge in [-0.15, -0.1) is 0 Å². The number of likely N-dealkylation sites (N-methyl/N-ethyl adjacent to an activating group) is 1. The van der Waals surface area contributed by atoms with E-state index >= 15 is 0 Å². The highest BCUT2D eigenvalue weighted by Gasteiger charge is 2.28. The molecule has 0 aromatic heterocycles. The van der Waals surface area contributed by atoms with E-state index in [0.29, 0.717) is 37.4 Å². The van der Waals surface area contributed by atoms with Gasteiger partial charge in [-0.2, -0.15) is 0 Å². The lowest BCUT2D eigenvalue weighted by molar-refractivity contribution is -0.141. The Morgan fingerprint density at radius 2 is 1.75 bits per heavy atom. The zero-order valence-corrected chi connectivity index (χ0v) is 17.6. The van der Waals surface area contributed by atoms with E-state index in [1.165, 1.54) is 0 Å². The Balaban J connectivity index is 2.19. The Bertz CT molecular complexity index is 789. The zero-order valence-electron chi connectivity index (χ0n) is 16.9. The fraction of sp³-hybridized carbons (Fsp3) is 0.391. The van der Waals surface area contributed by atoms with Crippen LogP contribution in [0, 0.1) is 6.92 Å². The molecule has 0 fully saturated rings. The zero-order chi connectivity index (χ0) is 20.5. The van der Waals surface area contributed by atoms with Crippen molar-refractivity contribution in [1.29, 1.82) is 0 Å². The van der Waals surface area contributed by atoms with Gasteiger partial charge in [-0.1, -0.05) is 66.6 Å². The molecule has 1 N–H and O–H groups in total. The average Bonchev–Trinajstić information content (AvgIpc) is 2.68. The molecule has 2 aromatic rings. The van der Waals surface area contributed by atoms with E-state index in [-0.39, 0.29) is 11.8 Å². The van der Waals surface area contributed by atoms with E-state index < -0.39 is 6.04 Å². The molecule has 4 nitrogen and oxygen atoms in total. The summed E-state index contributed by atoms with van der Waals surface area (Å²) in [6, 6.07) is 15.1. The van der Waals surface area contributed by atoms with Crippen molar-refractivity contribution in [2.75, 3.05) is 6.54 Å². The first-order valence-corrected chi connectivity index (χ1v) is 10.2. The summed E-state index contributed by atoms with van der Waals surface area (Å²) in [6.07, 6.45) is 1.43. The Morgan fingerprint density at radius 3 is 2.36 bits per heavy atom. The van der Waals surface area contributed by atoms with Crippen LogP contribution in [0.25, 0.3) is 0 Å². The molecule has 0 heterocycles. The van der Waals surface area contributed by atoms with Gasteiger partial charge in [0.25, 0.3) is 0 Å². The Labute approximate surface area is 172 Å². The molecule has 1 unspecified atom stereocenters. The topological polar surface area (TPSA) is 49.4 Å². The van der Waals surface area contributed by atoms with Crippen LogP contribution in [0.4, 0.5) is 0 Å². The third kappa shape index (κ3) is 6.10. The van der Waals surface area contributed by atoms with Crippen LogP contribution in [0.1, 0.15) is 43.4 Å². The smallest absolute Gasteiger partial charge is 0.242 e. The van der Waals surface area contributed by atoms with E-state index in [9.17, 15) is 9.59 Å². The fourth-order valence-corrected chi connectivity index (χ4v) is 3.42. The molecule has 0 aliphatic rings. The van der Waals surface area contributed by atoms with E-state index in [4.69, 9.17) is 11.6 Å². The second kappa shape index (κ2) is 10.9. The number of rotatable bonds is 9. The predicted molar refractivity (Wildman–Crippen MR) is 114 cm³/mol. The summed E-state index contributed by atoms with van der Waals surface area (Å²) in [6.45, 7) is 6.80. The summed E-state index contributed by atoms with van der Waals surface area (Å²) in [4.78, 5) is 27.4. The Morgan fingerprint density at radius 1 is 1.07 bits per heavy atom. The van der Waals surface area contributed by atoms with Gasteiger partial charge in [0.2, 0.25) is 11.8 Å². The molecule has 0 saturated carbocycles. The maximum absolute atomic E-state index is 13.1. The largest absolute Gasteiger partial charge is 0.355 e. The van der Waals surface area contributed by atoms with Crippen molar-refractivity contribution in [1.82, 2.24) is 10.2 Å². The first kappa shape index (κ1) is 22.0. The summed E-state index contributed by atoms with van der Waals surface area (Å²) < 4.78 is 0. The first-order chi connectivity index (χ1) is 13.5. The molecule has 2 rings (SSSR count). The van der Waals surface area contributed by atoms with Crippen molar-refractivity contribution in [3.63, 3.8) is 0 Å². The van der Waals surface area contributed by atoms with Gasteiger partial charge in [0, 0.05) is 24.5 Å². The molecule has 2 aromatic carbocycles. The van der Waals surface area contributed by atoms with Gasteiger partial charge in [-0.05, 0) is 43.9 Å². The number of amides is 2. The monoisotopic (exact) mass is 400 g/mol. The van der Waals surface area contributed by atoms with Crippen molar-refractivity contribution < 1.29 is 9.59 Å². The molecule has 150 valence electrons. The molecule has 0 bridgehead atoms. The van der Waals surface area contributed by atoms with Crippen LogP contribution in [0.2, 0.25) is 5.02 Å². The summed E-state index contributed by atoms with van der Waals surface area (Å²) in [5, 5.41) is 3.52. The minimum Gasteiger partial charge on any atom is -0.355 e. The normalized spacial score (nSPS) is 11.7. The highest BCUT2D eigenvalue weighted by Crippen LogP contribution is 2.19. The number of carbonyl (C=O) groups is 2. The van der Waals surface area contributed by atoms with Crippen LogP contribution >= 0.6 is 11.6 Å². The number of carbonyl (C=O) groups excluding carboxylic acids is 2. The number of halogens is 1. The molecular formula is C23H29ClN2O2. The maximum Gasteiger partial charge on any atom is 0.242 e. The van der Waals surface area contributed by atoms with Crippen molar-refractivity contribution >= 4 is 23.4 Å². The maximum atomic E-state index is 13.1. The predicted octanol–water partition coefficient (Wildman–Crippen LogP) is 4.52. The minimum atomic E-state index is -0.486. The quantitative estimate of drug-likeness (QED) is 0.672. The van der Waals surface area contributed by atoms with Crippen LogP contribution in [-0.4, -0.2) is 29.3 Å². The van der Waals surface area contributed by atoms with E-state index in [2.05, 4.69) is 5.32 Å². The number of aryl methyl sites for hydroxylation is 2. The SMILES string of the molecule is CCNC(=O)C(CC)N(Cc1ccc(C)cc1)C(=O)CCc1ccccc1Cl. The Kier molecular flexibility index (Phi) is 8.52. The summed E-state index contributed by atoms with van der Waals surface area (Å²) in [5.74, 6) is -0.151. The lowest BCUT2D eigenvalue weighted by Crippen LogP contribution is -2.49. The molecule has 0 aliphatic carbocycles. The van der Waals surface area contributed by atoms with Crippen LogP contribution in [0.3, 0.4) is 0 Å². The molecule has 0 saturated heterocycles. The van der Waals surface area contributed by atoms with Gasteiger partial charge in [-0.25, -0.2) is 0 Å². The lowest BCUT2D eigenvalue weighted by atomic mass is 10.1. The van der Waals surface area contributed by atoms with Crippen molar-refractivity contribution in [3.05, 3.63) is 70.2 Å². The second-order valence-electron chi connectivity index (χ2n) is 6.92. The third-order valence-electron chi connectivity index (χ3n) is 4.78. The van der Waals surface area contributed by atoms with Crippen molar-refractivity contribution in [3.8, 4) is 0 Å². The van der Waals surface area contributed by atoms with E-state index in [1.807, 2.05) is 69.3 Å². The standard InChI is InChI=1S/C23H29ClN2O2/c1-4-21(23(28)25-5-2)26(16-18-12-10-17(3)11-13-18)22(27)15-14-19-8-6-7-9-20(19)24/h6-13,21H,4-5,14-16H2,1-3H3,(H,25,28).